The number of rotatable bonds is 2. The number of hydrogen-bond donors (Lipinski definition) is 0. The molecule has 0 N–H and O–H groups in total. The molecule has 0 spiro atoms. The average molecular weight is 313 g/mol. The average Bonchev–Trinajstić information content (AvgIpc) is 2.27. The molecule has 1 saturated heterocycles. The summed E-state index contributed by atoms with van der Waals surface area (Å²) in [5.74, 6) is -2.24. The molecule has 0 bridgehead atoms. The van der Waals surface area contributed by atoms with Gasteiger partial charge in [0.15, 0.2) is 5.79 Å². The molecule has 0 aliphatic carbocycles. The van der Waals surface area contributed by atoms with E-state index in [2.05, 4.69) is 9.47 Å². The molecule has 0 atom stereocenters. The summed E-state index contributed by atoms with van der Waals surface area (Å²) in [6, 6.07) is 0. The van der Waals surface area contributed by atoms with Gasteiger partial charge >= 0.3 is 11.9 Å². The van der Waals surface area contributed by atoms with E-state index in [1.807, 2.05) is 0 Å². The lowest BCUT2D eigenvalue weighted by atomic mass is 9.89. The van der Waals surface area contributed by atoms with Crippen LogP contribution in [0.1, 0.15) is 13.8 Å². The number of ether oxygens (including phenoxy) is 4. The van der Waals surface area contributed by atoms with Gasteiger partial charge in [-0.1, -0.05) is 0 Å². The number of esters is 2. The van der Waals surface area contributed by atoms with Gasteiger partial charge < -0.3 is 18.9 Å². The Morgan fingerprint density at radius 3 is 1.65 bits per heavy atom. The molecular weight excluding hydrogens is 296 g/mol. The van der Waals surface area contributed by atoms with E-state index < -0.39 is 23.1 Å². The van der Waals surface area contributed by atoms with E-state index in [0.29, 0.717) is 0 Å². The molecule has 0 radical (unpaired) electrons. The van der Waals surface area contributed by atoms with Gasteiger partial charge in [-0.05, 0) is 13.8 Å². The van der Waals surface area contributed by atoms with Gasteiger partial charge in [-0.2, -0.15) is 0 Å². The molecule has 100 valence electrons. The van der Waals surface area contributed by atoms with Crippen molar-refractivity contribution in [3.63, 3.8) is 0 Å². The molecule has 6 nitrogen and oxygen atoms in total. The van der Waals surface area contributed by atoms with Crippen LogP contribution in [0.3, 0.4) is 0 Å². The van der Waals surface area contributed by atoms with E-state index in [0.717, 1.165) is 0 Å². The van der Waals surface area contributed by atoms with E-state index in [1.165, 1.54) is 14.2 Å². The van der Waals surface area contributed by atoms with Gasteiger partial charge in [0.1, 0.15) is 0 Å². The normalized spacial score (nSPS) is 20.9. The lowest BCUT2D eigenvalue weighted by Gasteiger charge is -2.39. The van der Waals surface area contributed by atoms with Crippen LogP contribution in [0.15, 0.2) is 0 Å². The fourth-order valence-corrected chi connectivity index (χ4v) is 1.39. The fourth-order valence-electron chi connectivity index (χ4n) is 1.39. The highest BCUT2D eigenvalue weighted by Gasteiger charge is 2.54. The number of carbonyl (C=O) groups is 2. The Labute approximate surface area is 110 Å². The number of methoxy groups -OCH3 is 2. The highest BCUT2D eigenvalue weighted by molar-refractivity contribution is 8.93. The zero-order valence-electron chi connectivity index (χ0n) is 10.3. The van der Waals surface area contributed by atoms with Crippen LogP contribution in [0.25, 0.3) is 0 Å². The predicted octanol–water partition coefficient (Wildman–Crippen LogP) is 0.680. The van der Waals surface area contributed by atoms with Gasteiger partial charge in [-0.3, -0.25) is 9.59 Å². The second-order valence-electron chi connectivity index (χ2n) is 4.04. The van der Waals surface area contributed by atoms with Crippen LogP contribution in [0.2, 0.25) is 0 Å². The Bertz CT molecular complexity index is 273. The Morgan fingerprint density at radius 1 is 1.00 bits per heavy atom. The SMILES string of the molecule is Br.COC(=O)C1(C(=O)OC)COC(C)(C)OC1. The van der Waals surface area contributed by atoms with Crippen molar-refractivity contribution in [3.05, 3.63) is 0 Å². The van der Waals surface area contributed by atoms with Crippen LogP contribution in [-0.4, -0.2) is 45.2 Å². The van der Waals surface area contributed by atoms with Crippen LogP contribution in [0.4, 0.5) is 0 Å². The molecule has 1 fully saturated rings. The van der Waals surface area contributed by atoms with Gasteiger partial charge in [0.05, 0.1) is 27.4 Å². The third kappa shape index (κ3) is 3.17. The monoisotopic (exact) mass is 312 g/mol. The van der Waals surface area contributed by atoms with E-state index in [9.17, 15) is 9.59 Å². The van der Waals surface area contributed by atoms with Gasteiger partial charge in [0, 0.05) is 0 Å². The Morgan fingerprint density at radius 2 is 1.35 bits per heavy atom. The zero-order chi connectivity index (χ0) is 12.4. The van der Waals surface area contributed by atoms with Crippen molar-refractivity contribution in [2.75, 3.05) is 27.4 Å². The topological polar surface area (TPSA) is 71.1 Å². The molecule has 1 aliphatic heterocycles. The molecule has 0 saturated carbocycles. The van der Waals surface area contributed by atoms with E-state index >= 15 is 0 Å². The lowest BCUT2D eigenvalue weighted by Crippen LogP contribution is -2.55. The minimum absolute atomic E-state index is 0. The summed E-state index contributed by atoms with van der Waals surface area (Å²) in [5, 5.41) is 0. The first-order valence-electron chi connectivity index (χ1n) is 4.83. The maximum Gasteiger partial charge on any atom is 0.328 e. The van der Waals surface area contributed by atoms with Crippen molar-refractivity contribution in [1.82, 2.24) is 0 Å². The van der Waals surface area contributed by atoms with Crippen molar-refractivity contribution in [3.8, 4) is 0 Å². The van der Waals surface area contributed by atoms with E-state index in [4.69, 9.17) is 9.47 Å². The predicted molar refractivity (Wildman–Crippen MR) is 62.8 cm³/mol. The number of carbonyl (C=O) groups excluding carboxylic acids is 2. The van der Waals surface area contributed by atoms with Gasteiger partial charge in [-0.15, -0.1) is 17.0 Å². The summed E-state index contributed by atoms with van der Waals surface area (Å²) in [6.45, 7) is 3.18. The smallest absolute Gasteiger partial charge is 0.328 e. The lowest BCUT2D eigenvalue weighted by molar-refractivity contribution is -0.282. The van der Waals surface area contributed by atoms with Crippen molar-refractivity contribution >= 4 is 28.9 Å². The maximum absolute atomic E-state index is 11.6. The summed E-state index contributed by atoms with van der Waals surface area (Å²) in [7, 11) is 2.40. The van der Waals surface area contributed by atoms with Gasteiger partial charge in [-0.25, -0.2) is 0 Å². The van der Waals surface area contributed by atoms with Crippen molar-refractivity contribution in [1.29, 1.82) is 0 Å². The number of halogens is 1. The summed E-state index contributed by atoms with van der Waals surface area (Å²) in [4.78, 5) is 23.2. The minimum Gasteiger partial charge on any atom is -0.468 e. The molecule has 7 heteroatoms. The molecule has 17 heavy (non-hydrogen) atoms. The third-order valence-electron chi connectivity index (χ3n) is 2.48. The van der Waals surface area contributed by atoms with Gasteiger partial charge in [0.2, 0.25) is 5.41 Å². The summed E-state index contributed by atoms with van der Waals surface area (Å²) in [5.41, 5.74) is -1.51. The van der Waals surface area contributed by atoms with Crippen LogP contribution < -0.4 is 0 Å². The molecule has 0 aromatic heterocycles. The first-order valence-corrected chi connectivity index (χ1v) is 4.83. The van der Waals surface area contributed by atoms with Crippen LogP contribution in [0, 0.1) is 5.41 Å². The summed E-state index contributed by atoms with van der Waals surface area (Å²) < 4.78 is 19.8. The van der Waals surface area contributed by atoms with Gasteiger partial charge in [0.25, 0.3) is 0 Å². The molecule has 0 aromatic carbocycles. The zero-order valence-corrected chi connectivity index (χ0v) is 12.0. The quantitative estimate of drug-likeness (QED) is 0.551. The van der Waals surface area contributed by atoms with Crippen molar-refractivity contribution in [2.45, 2.75) is 19.6 Å². The molecule has 1 heterocycles. The summed E-state index contributed by atoms with van der Waals surface area (Å²) >= 11 is 0. The highest BCUT2D eigenvalue weighted by atomic mass is 79.9. The summed E-state index contributed by atoms with van der Waals surface area (Å²) in [6.07, 6.45) is 0. The third-order valence-corrected chi connectivity index (χ3v) is 2.48. The molecule has 0 amide bonds. The van der Waals surface area contributed by atoms with Crippen molar-refractivity contribution in [2.24, 2.45) is 5.41 Å². The van der Waals surface area contributed by atoms with Crippen LogP contribution in [0.5, 0.6) is 0 Å². The maximum atomic E-state index is 11.6. The first-order chi connectivity index (χ1) is 7.38. The second-order valence-corrected chi connectivity index (χ2v) is 4.04. The Balaban J connectivity index is 0.00000256. The molecule has 1 rings (SSSR count). The van der Waals surface area contributed by atoms with E-state index in [1.54, 1.807) is 13.8 Å². The number of hydrogen-bond acceptors (Lipinski definition) is 6. The van der Waals surface area contributed by atoms with E-state index in [-0.39, 0.29) is 30.2 Å². The standard InChI is InChI=1S/C10H16O6.BrH/c1-9(2)15-5-10(6-16-9,7(11)13-3)8(12)14-4;/h5-6H2,1-4H3;1H. The molecular formula is C10H17BrO6. The van der Waals surface area contributed by atoms with Crippen LogP contribution in [-0.2, 0) is 28.5 Å². The molecule has 0 aromatic rings. The highest BCUT2D eigenvalue weighted by Crippen LogP contribution is 2.32. The second kappa shape index (κ2) is 5.79. The largest absolute Gasteiger partial charge is 0.468 e. The van der Waals surface area contributed by atoms with Crippen molar-refractivity contribution < 1.29 is 28.5 Å². The first kappa shape index (κ1) is 16.3. The Hall–Kier alpha value is -0.660. The molecule has 0 unspecified atom stereocenters. The minimum atomic E-state index is -1.51. The Kier molecular flexibility index (Phi) is 5.57. The van der Waals surface area contributed by atoms with Crippen LogP contribution >= 0.6 is 17.0 Å². The fraction of sp³-hybridized carbons (Fsp3) is 0.800. The molecule has 1 aliphatic rings.